The molecule has 0 saturated carbocycles. The van der Waals surface area contributed by atoms with Gasteiger partial charge in [0.25, 0.3) is 0 Å². The second-order valence-corrected chi connectivity index (χ2v) is 5.44. The molecule has 1 aromatic carbocycles. The Hall–Kier alpha value is -0.100. The minimum absolute atomic E-state index is 0.0900. The van der Waals surface area contributed by atoms with Gasteiger partial charge in [0.2, 0.25) is 0 Å². The Kier molecular flexibility index (Phi) is 6.48. The van der Waals surface area contributed by atoms with E-state index in [4.69, 9.17) is 4.74 Å². The molecule has 1 atom stereocenters. The summed E-state index contributed by atoms with van der Waals surface area (Å²) in [7, 11) is 1.64. The summed E-state index contributed by atoms with van der Waals surface area (Å²) >= 11 is 6.94. The molecule has 0 aromatic heterocycles. The highest BCUT2D eigenvalue weighted by Gasteiger charge is 2.11. The minimum atomic E-state index is 0.0900. The molecule has 1 aromatic rings. The van der Waals surface area contributed by atoms with E-state index in [0.29, 0.717) is 0 Å². The predicted molar refractivity (Wildman–Crippen MR) is 76.6 cm³/mol. The summed E-state index contributed by atoms with van der Waals surface area (Å²) in [5.41, 5.74) is 1.14. The van der Waals surface area contributed by atoms with Gasteiger partial charge in [-0.3, -0.25) is 0 Å². The van der Waals surface area contributed by atoms with Crippen molar-refractivity contribution in [2.45, 2.75) is 19.4 Å². The Balaban J connectivity index is 2.85. The lowest BCUT2D eigenvalue weighted by Gasteiger charge is -2.16. The van der Waals surface area contributed by atoms with Crippen molar-refractivity contribution < 1.29 is 9.84 Å². The quantitative estimate of drug-likeness (QED) is 0.813. The van der Waals surface area contributed by atoms with Crippen LogP contribution in [0.5, 0.6) is 5.75 Å². The Morgan fingerprint density at radius 2 is 1.94 bits per heavy atom. The lowest BCUT2D eigenvalue weighted by molar-refractivity contribution is 0.243. The average Bonchev–Trinajstić information content (AvgIpc) is 2.28. The maximum absolute atomic E-state index is 9.25. The number of hydrogen-bond donors (Lipinski definition) is 2. The van der Waals surface area contributed by atoms with E-state index >= 15 is 0 Å². The third-order valence-electron chi connectivity index (χ3n) is 2.46. The highest BCUT2D eigenvalue weighted by Crippen LogP contribution is 2.34. The van der Waals surface area contributed by atoms with Crippen LogP contribution in [0.2, 0.25) is 0 Å². The first-order valence-corrected chi connectivity index (χ1v) is 7.07. The van der Waals surface area contributed by atoms with E-state index in [1.54, 1.807) is 7.11 Å². The number of aliphatic hydroxyl groups is 1. The number of aliphatic hydroxyl groups excluding tert-OH is 1. The van der Waals surface area contributed by atoms with E-state index < -0.39 is 0 Å². The zero-order valence-electron chi connectivity index (χ0n) is 9.96. The van der Waals surface area contributed by atoms with Crippen molar-refractivity contribution >= 4 is 31.9 Å². The summed E-state index contributed by atoms with van der Waals surface area (Å²) in [6.07, 6.45) is 0.783. The Morgan fingerprint density at radius 3 is 2.35 bits per heavy atom. The van der Waals surface area contributed by atoms with Gasteiger partial charge < -0.3 is 15.2 Å². The molecule has 0 amide bonds. The summed E-state index contributed by atoms with van der Waals surface area (Å²) in [5, 5.41) is 12.5. The van der Waals surface area contributed by atoms with E-state index in [9.17, 15) is 5.11 Å². The summed E-state index contributed by atoms with van der Waals surface area (Å²) in [5.74, 6) is 0.790. The molecule has 1 rings (SSSR count). The standard InChI is InChI=1S/C12H17Br2NO2/c1-3-15-9(7-16)4-8-5-10(13)12(17-2)11(14)6-8/h5-6,9,15-16H,3-4,7H2,1-2H3. The summed E-state index contributed by atoms with van der Waals surface area (Å²) in [4.78, 5) is 0. The van der Waals surface area contributed by atoms with Crippen LogP contribution >= 0.6 is 31.9 Å². The largest absolute Gasteiger partial charge is 0.494 e. The first-order chi connectivity index (χ1) is 8.12. The van der Waals surface area contributed by atoms with Gasteiger partial charge in [-0.2, -0.15) is 0 Å². The average molecular weight is 367 g/mol. The van der Waals surface area contributed by atoms with Crippen molar-refractivity contribution in [3.05, 3.63) is 26.6 Å². The molecule has 5 heteroatoms. The molecule has 0 fully saturated rings. The van der Waals surface area contributed by atoms with Crippen molar-refractivity contribution in [1.82, 2.24) is 5.32 Å². The summed E-state index contributed by atoms with van der Waals surface area (Å²) in [6, 6.07) is 4.12. The molecule has 96 valence electrons. The van der Waals surface area contributed by atoms with Crippen LogP contribution in [0, 0.1) is 0 Å². The summed E-state index contributed by atoms with van der Waals surface area (Å²) in [6.45, 7) is 3.02. The topological polar surface area (TPSA) is 41.5 Å². The molecule has 2 N–H and O–H groups in total. The number of nitrogens with one attached hydrogen (secondary N) is 1. The fourth-order valence-electron chi connectivity index (χ4n) is 1.70. The van der Waals surface area contributed by atoms with Gasteiger partial charge >= 0.3 is 0 Å². The number of ether oxygens (including phenoxy) is 1. The molecule has 0 aliphatic carbocycles. The van der Waals surface area contributed by atoms with Gasteiger partial charge in [0, 0.05) is 6.04 Å². The number of rotatable bonds is 6. The van der Waals surface area contributed by atoms with E-state index in [0.717, 1.165) is 33.2 Å². The van der Waals surface area contributed by atoms with E-state index in [1.165, 1.54) is 0 Å². The molecule has 3 nitrogen and oxygen atoms in total. The van der Waals surface area contributed by atoms with Gasteiger partial charge in [-0.1, -0.05) is 6.92 Å². The van der Waals surface area contributed by atoms with E-state index in [1.807, 2.05) is 19.1 Å². The van der Waals surface area contributed by atoms with Gasteiger partial charge in [-0.05, 0) is 62.5 Å². The molecule has 0 bridgehead atoms. The Bertz CT molecular complexity index is 349. The first kappa shape index (κ1) is 15.0. The third-order valence-corrected chi connectivity index (χ3v) is 3.64. The first-order valence-electron chi connectivity index (χ1n) is 5.48. The lowest BCUT2D eigenvalue weighted by Crippen LogP contribution is -2.34. The number of benzene rings is 1. The van der Waals surface area contributed by atoms with Crippen molar-refractivity contribution in [3.63, 3.8) is 0 Å². The molecule has 1 unspecified atom stereocenters. The van der Waals surface area contributed by atoms with Crippen LogP contribution in [0.1, 0.15) is 12.5 Å². The maximum atomic E-state index is 9.25. The van der Waals surface area contributed by atoms with Crippen LogP contribution < -0.4 is 10.1 Å². The maximum Gasteiger partial charge on any atom is 0.147 e. The van der Waals surface area contributed by atoms with E-state index in [2.05, 4.69) is 37.2 Å². The van der Waals surface area contributed by atoms with Crippen LogP contribution in [0.3, 0.4) is 0 Å². The SMILES string of the molecule is CCNC(CO)Cc1cc(Br)c(OC)c(Br)c1. The summed E-state index contributed by atoms with van der Waals surface area (Å²) < 4.78 is 7.08. The van der Waals surface area contributed by atoms with Gasteiger partial charge in [0.1, 0.15) is 5.75 Å². The fourth-order valence-corrected chi connectivity index (χ4v) is 3.30. The van der Waals surface area contributed by atoms with Crippen LogP contribution in [-0.2, 0) is 6.42 Å². The van der Waals surface area contributed by atoms with Gasteiger partial charge in [0.05, 0.1) is 22.7 Å². The van der Waals surface area contributed by atoms with Gasteiger partial charge in [-0.15, -0.1) is 0 Å². The van der Waals surface area contributed by atoms with Gasteiger partial charge in [-0.25, -0.2) is 0 Å². The third kappa shape index (κ3) is 4.25. The second-order valence-electron chi connectivity index (χ2n) is 3.73. The van der Waals surface area contributed by atoms with Crippen molar-refractivity contribution in [1.29, 1.82) is 0 Å². The molecule has 0 spiro atoms. The fraction of sp³-hybridized carbons (Fsp3) is 0.500. The number of methoxy groups -OCH3 is 1. The molecule has 0 heterocycles. The smallest absolute Gasteiger partial charge is 0.147 e. The Morgan fingerprint density at radius 1 is 1.35 bits per heavy atom. The molecule has 0 aliphatic rings. The van der Waals surface area contributed by atoms with Gasteiger partial charge in [0.15, 0.2) is 0 Å². The molecule has 17 heavy (non-hydrogen) atoms. The number of hydrogen-bond acceptors (Lipinski definition) is 3. The van der Waals surface area contributed by atoms with Crippen molar-refractivity contribution in [2.24, 2.45) is 0 Å². The zero-order valence-corrected chi connectivity index (χ0v) is 13.1. The highest BCUT2D eigenvalue weighted by molar-refractivity contribution is 9.11. The highest BCUT2D eigenvalue weighted by atomic mass is 79.9. The van der Waals surface area contributed by atoms with Crippen LogP contribution in [0.15, 0.2) is 21.1 Å². The monoisotopic (exact) mass is 365 g/mol. The molecular formula is C12H17Br2NO2. The number of halogens is 2. The van der Waals surface area contributed by atoms with E-state index in [-0.39, 0.29) is 12.6 Å². The van der Waals surface area contributed by atoms with Crippen LogP contribution in [-0.4, -0.2) is 31.4 Å². The van der Waals surface area contributed by atoms with Crippen LogP contribution in [0.4, 0.5) is 0 Å². The second kappa shape index (κ2) is 7.36. The van der Waals surface area contributed by atoms with Crippen LogP contribution in [0.25, 0.3) is 0 Å². The predicted octanol–water partition coefficient (Wildman–Crippen LogP) is 2.73. The minimum Gasteiger partial charge on any atom is -0.494 e. The zero-order chi connectivity index (χ0) is 12.8. The molecule has 0 saturated heterocycles. The molecule has 0 aliphatic heterocycles. The van der Waals surface area contributed by atoms with Crippen molar-refractivity contribution in [2.75, 3.05) is 20.3 Å². The normalized spacial score (nSPS) is 12.5. The molecular weight excluding hydrogens is 350 g/mol. The molecule has 0 radical (unpaired) electrons. The Labute approximate surface area is 119 Å². The number of likely N-dealkylation sites (N-methyl/N-ethyl adjacent to an activating group) is 1. The lowest BCUT2D eigenvalue weighted by atomic mass is 10.1. The van der Waals surface area contributed by atoms with Crippen molar-refractivity contribution in [3.8, 4) is 5.75 Å².